The van der Waals surface area contributed by atoms with Crippen LogP contribution in [-0.4, -0.2) is 11.0 Å². The molecule has 126 valence electrons. The molecule has 0 saturated heterocycles. The first kappa shape index (κ1) is 16.8. The molecule has 3 rings (SSSR count). The number of phenolic OH excluding ortho intramolecular Hbond substituents is 1. The van der Waals surface area contributed by atoms with Crippen LogP contribution in [0.2, 0.25) is 0 Å². The molecule has 3 heteroatoms. The van der Waals surface area contributed by atoms with Crippen LogP contribution in [0.5, 0.6) is 5.75 Å². The number of phenols is 1. The Hall–Kier alpha value is -3.07. The second-order valence-corrected chi connectivity index (χ2v) is 6.27. The average Bonchev–Trinajstić information content (AvgIpc) is 2.62. The molecule has 0 unspecified atom stereocenters. The Morgan fingerprint density at radius 1 is 0.880 bits per heavy atom. The van der Waals surface area contributed by atoms with Crippen molar-refractivity contribution in [1.29, 1.82) is 0 Å². The van der Waals surface area contributed by atoms with Gasteiger partial charge >= 0.3 is 0 Å². The Labute approximate surface area is 148 Å². The first-order valence-corrected chi connectivity index (χ1v) is 8.27. The topological polar surface area (TPSA) is 49.3 Å². The lowest BCUT2D eigenvalue weighted by atomic mass is 10.0. The Kier molecular flexibility index (Phi) is 4.85. The van der Waals surface area contributed by atoms with Gasteiger partial charge in [-0.15, -0.1) is 0 Å². The third-order valence-corrected chi connectivity index (χ3v) is 4.13. The Morgan fingerprint density at radius 2 is 1.56 bits per heavy atom. The van der Waals surface area contributed by atoms with E-state index in [1.165, 1.54) is 5.56 Å². The highest BCUT2D eigenvalue weighted by Crippen LogP contribution is 2.22. The van der Waals surface area contributed by atoms with Gasteiger partial charge in [-0.25, -0.2) is 0 Å². The molecule has 0 spiro atoms. The van der Waals surface area contributed by atoms with Crippen LogP contribution in [0.25, 0.3) is 11.1 Å². The van der Waals surface area contributed by atoms with Gasteiger partial charge in [0.05, 0.1) is 5.56 Å². The molecule has 0 atom stereocenters. The minimum Gasteiger partial charge on any atom is -0.507 e. The summed E-state index contributed by atoms with van der Waals surface area (Å²) >= 11 is 0. The second kappa shape index (κ2) is 7.22. The summed E-state index contributed by atoms with van der Waals surface area (Å²) in [5, 5.41) is 12.7. The van der Waals surface area contributed by atoms with Gasteiger partial charge in [-0.2, -0.15) is 0 Å². The van der Waals surface area contributed by atoms with Gasteiger partial charge in [-0.3, -0.25) is 4.79 Å². The molecule has 0 saturated carbocycles. The van der Waals surface area contributed by atoms with Crippen LogP contribution in [0.4, 0.5) is 0 Å². The molecule has 3 aromatic carbocycles. The van der Waals surface area contributed by atoms with Crippen LogP contribution in [0.15, 0.2) is 66.7 Å². The SMILES string of the molecule is Cc1cccc(-c2cccc(CNC(=O)c3cc(C)ccc3O)c2)c1. The third kappa shape index (κ3) is 4.07. The molecular formula is C22H21NO2. The smallest absolute Gasteiger partial charge is 0.255 e. The molecule has 25 heavy (non-hydrogen) atoms. The van der Waals surface area contributed by atoms with Crippen molar-refractivity contribution in [2.24, 2.45) is 0 Å². The number of amides is 1. The molecule has 0 fully saturated rings. The number of hydrogen-bond acceptors (Lipinski definition) is 2. The van der Waals surface area contributed by atoms with E-state index in [9.17, 15) is 9.90 Å². The van der Waals surface area contributed by atoms with E-state index in [0.29, 0.717) is 12.1 Å². The summed E-state index contributed by atoms with van der Waals surface area (Å²) in [6, 6.07) is 21.4. The molecular weight excluding hydrogens is 310 g/mol. The minimum absolute atomic E-state index is 0.00314. The van der Waals surface area contributed by atoms with E-state index in [1.807, 2.05) is 25.1 Å². The molecule has 0 heterocycles. The molecule has 3 aromatic rings. The highest BCUT2D eigenvalue weighted by molar-refractivity contribution is 5.96. The zero-order chi connectivity index (χ0) is 17.8. The van der Waals surface area contributed by atoms with Crippen LogP contribution < -0.4 is 5.32 Å². The Balaban J connectivity index is 1.74. The number of nitrogens with one attached hydrogen (secondary N) is 1. The zero-order valence-electron chi connectivity index (χ0n) is 14.4. The molecule has 0 radical (unpaired) electrons. The van der Waals surface area contributed by atoms with Gasteiger partial charge in [0.2, 0.25) is 0 Å². The number of benzene rings is 3. The maximum Gasteiger partial charge on any atom is 0.255 e. The predicted molar refractivity (Wildman–Crippen MR) is 101 cm³/mol. The summed E-state index contributed by atoms with van der Waals surface area (Å²) in [7, 11) is 0. The number of aryl methyl sites for hydroxylation is 2. The summed E-state index contributed by atoms with van der Waals surface area (Å²) in [6.45, 7) is 4.37. The van der Waals surface area contributed by atoms with E-state index < -0.39 is 0 Å². The van der Waals surface area contributed by atoms with Crippen LogP contribution in [0, 0.1) is 13.8 Å². The van der Waals surface area contributed by atoms with Gasteiger partial charge in [0, 0.05) is 6.54 Å². The largest absolute Gasteiger partial charge is 0.507 e. The van der Waals surface area contributed by atoms with Gasteiger partial charge < -0.3 is 10.4 Å². The quantitative estimate of drug-likeness (QED) is 0.734. The first-order valence-electron chi connectivity index (χ1n) is 8.27. The van der Waals surface area contributed by atoms with Crippen molar-refractivity contribution in [3.8, 4) is 16.9 Å². The van der Waals surface area contributed by atoms with E-state index in [-0.39, 0.29) is 11.7 Å². The molecule has 0 aliphatic rings. The van der Waals surface area contributed by atoms with Crippen LogP contribution in [0.1, 0.15) is 27.0 Å². The first-order chi connectivity index (χ1) is 12.0. The minimum atomic E-state index is -0.276. The van der Waals surface area contributed by atoms with Gasteiger partial charge in [-0.1, -0.05) is 59.7 Å². The molecule has 0 aliphatic heterocycles. The van der Waals surface area contributed by atoms with Crippen molar-refractivity contribution in [2.75, 3.05) is 0 Å². The summed E-state index contributed by atoms with van der Waals surface area (Å²) < 4.78 is 0. The summed E-state index contributed by atoms with van der Waals surface area (Å²) in [5.41, 5.74) is 5.74. The standard InChI is InChI=1S/C22H21NO2/c1-15-5-3-7-18(11-15)19-8-4-6-17(13-19)14-23-22(25)20-12-16(2)9-10-21(20)24/h3-13,24H,14H2,1-2H3,(H,23,25). The van der Waals surface area contributed by atoms with E-state index in [1.54, 1.807) is 18.2 Å². The summed E-state index contributed by atoms with van der Waals surface area (Å²) in [6.07, 6.45) is 0. The maximum atomic E-state index is 12.3. The Morgan fingerprint density at radius 3 is 2.32 bits per heavy atom. The molecule has 0 aliphatic carbocycles. The van der Waals surface area contributed by atoms with Crippen molar-refractivity contribution in [3.63, 3.8) is 0 Å². The van der Waals surface area contributed by atoms with Crippen LogP contribution >= 0.6 is 0 Å². The van der Waals surface area contributed by atoms with Gasteiger partial charge in [0.25, 0.3) is 5.91 Å². The number of hydrogen-bond donors (Lipinski definition) is 2. The van der Waals surface area contributed by atoms with Crippen molar-refractivity contribution >= 4 is 5.91 Å². The van der Waals surface area contributed by atoms with Gasteiger partial charge in [-0.05, 0) is 48.7 Å². The van der Waals surface area contributed by atoms with E-state index in [0.717, 1.165) is 22.3 Å². The maximum absolute atomic E-state index is 12.3. The number of rotatable bonds is 4. The highest BCUT2D eigenvalue weighted by Gasteiger charge is 2.11. The van der Waals surface area contributed by atoms with Crippen LogP contribution in [-0.2, 0) is 6.54 Å². The molecule has 1 amide bonds. The summed E-state index contributed by atoms with van der Waals surface area (Å²) in [4.78, 5) is 12.3. The van der Waals surface area contributed by atoms with Crippen molar-refractivity contribution in [2.45, 2.75) is 20.4 Å². The van der Waals surface area contributed by atoms with Gasteiger partial charge in [0.1, 0.15) is 5.75 Å². The van der Waals surface area contributed by atoms with Crippen molar-refractivity contribution < 1.29 is 9.90 Å². The molecule has 2 N–H and O–H groups in total. The lowest BCUT2D eigenvalue weighted by Crippen LogP contribution is -2.23. The number of aromatic hydroxyl groups is 1. The zero-order valence-corrected chi connectivity index (χ0v) is 14.4. The second-order valence-electron chi connectivity index (χ2n) is 6.27. The molecule has 0 bridgehead atoms. The normalized spacial score (nSPS) is 10.5. The van der Waals surface area contributed by atoms with E-state index in [4.69, 9.17) is 0 Å². The molecule has 3 nitrogen and oxygen atoms in total. The van der Waals surface area contributed by atoms with Crippen LogP contribution in [0.3, 0.4) is 0 Å². The molecule has 0 aromatic heterocycles. The Bertz CT molecular complexity index is 915. The van der Waals surface area contributed by atoms with E-state index >= 15 is 0 Å². The lowest BCUT2D eigenvalue weighted by molar-refractivity contribution is 0.0948. The lowest BCUT2D eigenvalue weighted by Gasteiger charge is -2.09. The van der Waals surface area contributed by atoms with E-state index in [2.05, 4.69) is 42.6 Å². The summed E-state index contributed by atoms with van der Waals surface area (Å²) in [5.74, 6) is -0.279. The fraction of sp³-hybridized carbons (Fsp3) is 0.136. The average molecular weight is 331 g/mol. The van der Waals surface area contributed by atoms with Crippen molar-refractivity contribution in [1.82, 2.24) is 5.32 Å². The number of carbonyl (C=O) groups is 1. The number of carbonyl (C=O) groups excluding carboxylic acids is 1. The predicted octanol–water partition coefficient (Wildman–Crippen LogP) is 4.61. The highest BCUT2D eigenvalue weighted by atomic mass is 16.3. The monoisotopic (exact) mass is 331 g/mol. The van der Waals surface area contributed by atoms with Gasteiger partial charge in [0.15, 0.2) is 0 Å². The third-order valence-electron chi connectivity index (χ3n) is 4.13. The fourth-order valence-electron chi connectivity index (χ4n) is 2.79. The van der Waals surface area contributed by atoms with Crippen molar-refractivity contribution in [3.05, 3.63) is 89.0 Å². The fourth-order valence-corrected chi connectivity index (χ4v) is 2.79.